The molecule has 2 aliphatic rings. The van der Waals surface area contributed by atoms with Crippen LogP contribution in [0.4, 0.5) is 0 Å². The Kier molecular flexibility index (Phi) is 4.02. The molecule has 5 nitrogen and oxygen atoms in total. The van der Waals surface area contributed by atoms with E-state index < -0.39 is 0 Å². The lowest BCUT2D eigenvalue weighted by atomic mass is 9.79. The van der Waals surface area contributed by atoms with E-state index in [0.717, 1.165) is 51.9 Å². The van der Waals surface area contributed by atoms with Crippen LogP contribution < -0.4 is 0 Å². The fraction of sp³-hybridized carbons (Fsp3) is 0.750. The molecule has 2 aliphatic heterocycles. The number of amides is 1. The fourth-order valence-electron chi connectivity index (χ4n) is 4.15. The summed E-state index contributed by atoms with van der Waals surface area (Å²) in [7, 11) is 2.05. The molecule has 21 heavy (non-hydrogen) atoms. The molecule has 1 aromatic heterocycles. The molecule has 0 aliphatic carbocycles. The first kappa shape index (κ1) is 14.6. The summed E-state index contributed by atoms with van der Waals surface area (Å²) >= 11 is 0. The van der Waals surface area contributed by atoms with Crippen LogP contribution in [0.15, 0.2) is 12.5 Å². The van der Waals surface area contributed by atoms with E-state index >= 15 is 0 Å². The molecule has 5 heteroatoms. The number of imidazole rings is 1. The normalized spacial score (nSPS) is 27.5. The number of aryl methyl sites for hydroxylation is 1. The first-order chi connectivity index (χ1) is 10.1. The molecule has 3 rings (SSSR count). The summed E-state index contributed by atoms with van der Waals surface area (Å²) in [5.74, 6) is 0.353. The lowest BCUT2D eigenvalue weighted by Crippen LogP contribution is -2.62. The van der Waals surface area contributed by atoms with Gasteiger partial charge in [0.2, 0.25) is 5.91 Å². The Labute approximate surface area is 126 Å². The van der Waals surface area contributed by atoms with Crippen LogP contribution in [0, 0.1) is 0 Å². The van der Waals surface area contributed by atoms with E-state index in [4.69, 9.17) is 0 Å². The van der Waals surface area contributed by atoms with Crippen molar-refractivity contribution in [3.05, 3.63) is 18.2 Å². The Morgan fingerprint density at radius 3 is 2.86 bits per heavy atom. The van der Waals surface area contributed by atoms with Crippen LogP contribution >= 0.6 is 0 Å². The van der Waals surface area contributed by atoms with Crippen LogP contribution in [0.3, 0.4) is 0 Å². The highest BCUT2D eigenvalue weighted by molar-refractivity contribution is 5.78. The molecular weight excluding hydrogens is 264 g/mol. The van der Waals surface area contributed by atoms with Crippen LogP contribution in [0.1, 0.15) is 44.7 Å². The van der Waals surface area contributed by atoms with Crippen molar-refractivity contribution in [3.8, 4) is 0 Å². The van der Waals surface area contributed by atoms with Gasteiger partial charge in [-0.3, -0.25) is 9.69 Å². The number of likely N-dealkylation sites (tertiary alicyclic amines) is 2. The van der Waals surface area contributed by atoms with Crippen molar-refractivity contribution in [2.45, 2.75) is 51.1 Å². The van der Waals surface area contributed by atoms with Gasteiger partial charge in [-0.1, -0.05) is 0 Å². The number of hydrogen-bond donors (Lipinski definition) is 0. The number of hydrogen-bond acceptors (Lipinski definition) is 3. The predicted molar refractivity (Wildman–Crippen MR) is 81.7 cm³/mol. The van der Waals surface area contributed by atoms with Gasteiger partial charge in [-0.25, -0.2) is 4.98 Å². The minimum Gasteiger partial charge on any atom is -0.337 e. The summed E-state index contributed by atoms with van der Waals surface area (Å²) in [6.07, 6.45) is 9.10. The second-order valence-electron chi connectivity index (χ2n) is 6.53. The standard InChI is InChI=1S/C16H26N4O/c1-3-20-15(21)6-4-7-16(20)8-5-9-19(12-16)11-14-10-17-13-18(14)2/h10,13H,3-9,11-12H2,1-2H3. The smallest absolute Gasteiger partial charge is 0.223 e. The van der Waals surface area contributed by atoms with Gasteiger partial charge < -0.3 is 9.47 Å². The quantitative estimate of drug-likeness (QED) is 0.852. The minimum atomic E-state index is 0.0843. The van der Waals surface area contributed by atoms with Gasteiger partial charge in [0.1, 0.15) is 0 Å². The van der Waals surface area contributed by atoms with Gasteiger partial charge in [-0.15, -0.1) is 0 Å². The third kappa shape index (κ3) is 2.71. The van der Waals surface area contributed by atoms with E-state index in [2.05, 4.69) is 26.3 Å². The first-order valence-electron chi connectivity index (χ1n) is 8.13. The highest BCUT2D eigenvalue weighted by atomic mass is 16.2. The number of likely N-dealkylation sites (N-methyl/N-ethyl adjacent to an activating group) is 1. The van der Waals surface area contributed by atoms with Gasteiger partial charge in [0, 0.05) is 39.3 Å². The molecule has 0 N–H and O–H groups in total. The van der Waals surface area contributed by atoms with Crippen molar-refractivity contribution in [1.82, 2.24) is 19.4 Å². The molecule has 0 bridgehead atoms. The van der Waals surface area contributed by atoms with Crippen molar-refractivity contribution in [1.29, 1.82) is 0 Å². The topological polar surface area (TPSA) is 41.4 Å². The fourth-order valence-corrected chi connectivity index (χ4v) is 4.15. The summed E-state index contributed by atoms with van der Waals surface area (Å²) < 4.78 is 2.09. The van der Waals surface area contributed by atoms with Crippen LogP contribution in [0.25, 0.3) is 0 Å². The molecule has 1 unspecified atom stereocenters. The number of carbonyl (C=O) groups is 1. The molecule has 0 radical (unpaired) electrons. The summed E-state index contributed by atoms with van der Waals surface area (Å²) in [5, 5.41) is 0. The molecule has 1 amide bonds. The average molecular weight is 290 g/mol. The van der Waals surface area contributed by atoms with E-state index in [1.807, 2.05) is 19.6 Å². The highest BCUT2D eigenvalue weighted by Crippen LogP contribution is 2.36. The van der Waals surface area contributed by atoms with Crippen LogP contribution in [-0.4, -0.2) is 50.4 Å². The lowest BCUT2D eigenvalue weighted by molar-refractivity contribution is -0.145. The van der Waals surface area contributed by atoms with Gasteiger partial charge in [-0.05, 0) is 39.2 Å². The van der Waals surface area contributed by atoms with E-state index in [1.165, 1.54) is 12.1 Å². The molecule has 1 atom stereocenters. The van der Waals surface area contributed by atoms with Gasteiger partial charge in [0.25, 0.3) is 0 Å². The molecule has 116 valence electrons. The number of piperidine rings is 2. The van der Waals surface area contributed by atoms with Gasteiger partial charge >= 0.3 is 0 Å². The molecule has 2 saturated heterocycles. The third-order valence-electron chi connectivity index (χ3n) is 5.16. The molecule has 2 fully saturated rings. The minimum absolute atomic E-state index is 0.0843. The second-order valence-corrected chi connectivity index (χ2v) is 6.53. The molecule has 1 aromatic rings. The monoisotopic (exact) mass is 290 g/mol. The first-order valence-corrected chi connectivity index (χ1v) is 8.13. The summed E-state index contributed by atoms with van der Waals surface area (Å²) in [6, 6.07) is 0. The molecule has 0 saturated carbocycles. The largest absolute Gasteiger partial charge is 0.337 e. The SMILES string of the molecule is CCN1C(=O)CCCC12CCCN(Cc1cncn1C)C2. The summed E-state index contributed by atoms with van der Waals surface area (Å²) in [4.78, 5) is 21.1. The summed E-state index contributed by atoms with van der Waals surface area (Å²) in [6.45, 7) is 6.03. The van der Waals surface area contributed by atoms with Gasteiger partial charge in [0.15, 0.2) is 0 Å². The van der Waals surface area contributed by atoms with Crippen LogP contribution in [-0.2, 0) is 18.4 Å². The Balaban J connectivity index is 1.75. The molecule has 0 aromatic carbocycles. The van der Waals surface area contributed by atoms with E-state index in [-0.39, 0.29) is 5.54 Å². The molecular formula is C16H26N4O. The van der Waals surface area contributed by atoms with Crippen molar-refractivity contribution < 1.29 is 4.79 Å². The Bertz CT molecular complexity index is 508. The number of aromatic nitrogens is 2. The van der Waals surface area contributed by atoms with E-state index in [0.29, 0.717) is 5.91 Å². The van der Waals surface area contributed by atoms with Crippen LogP contribution in [0.2, 0.25) is 0 Å². The predicted octanol–water partition coefficient (Wildman–Crippen LogP) is 1.79. The second kappa shape index (κ2) is 5.79. The Morgan fingerprint density at radius 1 is 1.33 bits per heavy atom. The maximum absolute atomic E-state index is 12.3. The third-order valence-corrected chi connectivity index (χ3v) is 5.16. The Morgan fingerprint density at radius 2 is 2.14 bits per heavy atom. The zero-order chi connectivity index (χ0) is 14.9. The van der Waals surface area contributed by atoms with E-state index in [1.54, 1.807) is 0 Å². The average Bonchev–Trinajstić information content (AvgIpc) is 2.85. The highest BCUT2D eigenvalue weighted by Gasteiger charge is 2.44. The number of rotatable bonds is 3. The van der Waals surface area contributed by atoms with E-state index in [9.17, 15) is 4.79 Å². The molecule has 1 spiro atoms. The zero-order valence-corrected chi connectivity index (χ0v) is 13.2. The lowest BCUT2D eigenvalue weighted by Gasteiger charge is -2.52. The van der Waals surface area contributed by atoms with Crippen molar-refractivity contribution in [2.75, 3.05) is 19.6 Å². The van der Waals surface area contributed by atoms with Gasteiger partial charge in [0.05, 0.1) is 17.6 Å². The van der Waals surface area contributed by atoms with Crippen molar-refractivity contribution in [2.24, 2.45) is 7.05 Å². The molecule has 3 heterocycles. The van der Waals surface area contributed by atoms with Crippen molar-refractivity contribution in [3.63, 3.8) is 0 Å². The van der Waals surface area contributed by atoms with Crippen molar-refractivity contribution >= 4 is 5.91 Å². The summed E-state index contributed by atoms with van der Waals surface area (Å²) in [5.41, 5.74) is 1.33. The maximum atomic E-state index is 12.3. The maximum Gasteiger partial charge on any atom is 0.223 e. The van der Waals surface area contributed by atoms with Crippen LogP contribution in [0.5, 0.6) is 0 Å². The number of nitrogens with zero attached hydrogens (tertiary/aromatic N) is 4. The zero-order valence-electron chi connectivity index (χ0n) is 13.2. The van der Waals surface area contributed by atoms with Gasteiger partial charge in [-0.2, -0.15) is 0 Å². The Hall–Kier alpha value is -1.36. The number of carbonyl (C=O) groups excluding carboxylic acids is 1.